The fourth-order valence-corrected chi connectivity index (χ4v) is 5.37. The smallest absolute Gasteiger partial charge is 0.197 e. The molecule has 3 heterocycles. The minimum Gasteiger partial charge on any atom is -0.507 e. The monoisotopic (exact) mass is 578 g/mol. The number of phenolic OH excluding ortho intramolecular Hbond substituents is 2. The molecule has 0 spiro atoms. The molecule has 222 valence electrons. The van der Waals surface area contributed by atoms with Gasteiger partial charge >= 0.3 is 0 Å². The highest BCUT2D eigenvalue weighted by Gasteiger charge is 2.50. The molecule has 2 aliphatic heterocycles. The molecule has 10 atom stereocenters. The quantitative estimate of drug-likeness (QED) is 0.156. The summed E-state index contributed by atoms with van der Waals surface area (Å²) in [6, 6.07) is 9.30. The van der Waals surface area contributed by atoms with Crippen molar-refractivity contribution in [3.63, 3.8) is 0 Å². The van der Waals surface area contributed by atoms with Crippen molar-refractivity contribution in [2.45, 2.75) is 61.0 Å². The number of phenols is 2. The van der Waals surface area contributed by atoms with E-state index in [2.05, 4.69) is 0 Å². The van der Waals surface area contributed by atoms with Gasteiger partial charge in [-0.2, -0.15) is 0 Å². The third kappa shape index (κ3) is 4.77. The summed E-state index contributed by atoms with van der Waals surface area (Å²) >= 11 is 0. The van der Waals surface area contributed by atoms with Crippen LogP contribution < -0.4 is 5.43 Å². The zero-order valence-electron chi connectivity index (χ0n) is 21.3. The van der Waals surface area contributed by atoms with Crippen LogP contribution in [0.3, 0.4) is 0 Å². The molecule has 0 saturated carbocycles. The van der Waals surface area contributed by atoms with Gasteiger partial charge in [0.1, 0.15) is 83.7 Å². The average Bonchev–Trinajstić information content (AvgIpc) is 2.97. The number of aliphatic hydroxyl groups excluding tert-OH is 8. The maximum Gasteiger partial charge on any atom is 0.197 e. The van der Waals surface area contributed by atoms with E-state index in [9.17, 15) is 55.9 Å². The van der Waals surface area contributed by atoms with E-state index in [4.69, 9.17) is 13.9 Å². The van der Waals surface area contributed by atoms with Crippen LogP contribution in [0, 0.1) is 0 Å². The van der Waals surface area contributed by atoms with Crippen molar-refractivity contribution in [3.8, 4) is 22.8 Å². The standard InChI is InChI=1S/C27H30O14/c28-7-12-17(31)21(35)23(37)26(40-12)15-19(33)14-10(30)6-11(9-4-2-1-3-5-9)39-25(14)16(20(15)34)27-24(38)22(36)18(32)13(8-29)41-27/h1-6,12-13,17-18,21-24,26-29,31-38H,7-8H2/t12-,13-,17-,18-,21+,22+,23-,24-,26+,27+/m1/s1. The molecule has 14 nitrogen and oxygen atoms in total. The van der Waals surface area contributed by atoms with Gasteiger partial charge in [-0.15, -0.1) is 0 Å². The summed E-state index contributed by atoms with van der Waals surface area (Å²) in [6.07, 6.45) is -17.9. The first kappa shape index (κ1) is 29.3. The zero-order chi connectivity index (χ0) is 29.7. The topological polar surface area (TPSA) is 251 Å². The molecule has 0 aliphatic carbocycles. The van der Waals surface area contributed by atoms with Crippen LogP contribution in [0.25, 0.3) is 22.3 Å². The molecule has 2 aromatic carbocycles. The fraction of sp³-hybridized carbons (Fsp3) is 0.444. The van der Waals surface area contributed by atoms with Gasteiger partial charge in [0.15, 0.2) is 11.0 Å². The lowest BCUT2D eigenvalue weighted by molar-refractivity contribution is -0.234. The van der Waals surface area contributed by atoms with Gasteiger partial charge in [0.25, 0.3) is 0 Å². The largest absolute Gasteiger partial charge is 0.507 e. The first-order chi connectivity index (χ1) is 19.5. The van der Waals surface area contributed by atoms with Crippen LogP contribution in [0.1, 0.15) is 23.3 Å². The molecule has 0 unspecified atom stereocenters. The molecular formula is C27H30O14. The van der Waals surface area contributed by atoms with Gasteiger partial charge in [-0.3, -0.25) is 4.79 Å². The highest BCUT2D eigenvalue weighted by molar-refractivity contribution is 5.91. The predicted molar refractivity (Wildman–Crippen MR) is 137 cm³/mol. The summed E-state index contributed by atoms with van der Waals surface area (Å²) in [5, 5.41) is 105. The third-order valence-electron chi connectivity index (χ3n) is 7.61. The summed E-state index contributed by atoms with van der Waals surface area (Å²) in [5.41, 5.74) is -2.12. The van der Waals surface area contributed by atoms with Gasteiger partial charge in [0.05, 0.1) is 24.3 Å². The lowest BCUT2D eigenvalue weighted by Gasteiger charge is -2.42. The van der Waals surface area contributed by atoms with Crippen molar-refractivity contribution in [2.24, 2.45) is 0 Å². The Balaban J connectivity index is 1.82. The van der Waals surface area contributed by atoms with E-state index in [0.29, 0.717) is 5.56 Å². The Morgan fingerprint density at radius 3 is 1.68 bits per heavy atom. The van der Waals surface area contributed by atoms with E-state index in [1.165, 1.54) is 0 Å². The molecule has 41 heavy (non-hydrogen) atoms. The second-order valence-electron chi connectivity index (χ2n) is 10.1. The van der Waals surface area contributed by atoms with E-state index >= 15 is 0 Å². The Hall–Kier alpha value is -3.15. The van der Waals surface area contributed by atoms with E-state index in [-0.39, 0.29) is 5.76 Å². The number of rotatable bonds is 5. The van der Waals surface area contributed by atoms with Crippen molar-refractivity contribution in [3.05, 3.63) is 57.7 Å². The van der Waals surface area contributed by atoms with Crippen LogP contribution in [-0.2, 0) is 9.47 Å². The Labute approximate surface area is 231 Å². The third-order valence-corrected chi connectivity index (χ3v) is 7.61. The highest BCUT2D eigenvalue weighted by Crippen LogP contribution is 2.50. The van der Waals surface area contributed by atoms with Crippen molar-refractivity contribution in [1.29, 1.82) is 0 Å². The number of fused-ring (bicyclic) bond motifs is 1. The molecule has 0 radical (unpaired) electrons. The van der Waals surface area contributed by atoms with Crippen molar-refractivity contribution in [2.75, 3.05) is 13.2 Å². The maximum atomic E-state index is 13.4. The van der Waals surface area contributed by atoms with Crippen LogP contribution in [0.2, 0.25) is 0 Å². The zero-order valence-corrected chi connectivity index (χ0v) is 21.3. The average molecular weight is 579 g/mol. The lowest BCUT2D eigenvalue weighted by Crippen LogP contribution is -2.55. The number of benzene rings is 2. The summed E-state index contributed by atoms with van der Waals surface area (Å²) in [5.74, 6) is -1.92. The van der Waals surface area contributed by atoms with Gasteiger partial charge in [-0.1, -0.05) is 30.3 Å². The van der Waals surface area contributed by atoms with Crippen molar-refractivity contribution >= 4 is 11.0 Å². The Bertz CT molecular complexity index is 1450. The molecule has 0 bridgehead atoms. The van der Waals surface area contributed by atoms with E-state index in [0.717, 1.165) is 6.07 Å². The van der Waals surface area contributed by atoms with Crippen LogP contribution in [-0.4, -0.2) is 113 Å². The molecule has 14 heteroatoms. The molecule has 1 aromatic heterocycles. The fourth-order valence-electron chi connectivity index (χ4n) is 5.37. The molecule has 10 N–H and O–H groups in total. The van der Waals surface area contributed by atoms with Crippen LogP contribution >= 0.6 is 0 Å². The number of aliphatic hydroxyl groups is 8. The predicted octanol–water partition coefficient (Wildman–Crippen LogP) is -2.10. The van der Waals surface area contributed by atoms with Crippen LogP contribution in [0.4, 0.5) is 0 Å². The van der Waals surface area contributed by atoms with E-state index < -0.39 is 113 Å². The van der Waals surface area contributed by atoms with Crippen LogP contribution in [0.5, 0.6) is 11.5 Å². The molecule has 3 aromatic rings. The van der Waals surface area contributed by atoms with Gasteiger partial charge in [-0.05, 0) is 0 Å². The van der Waals surface area contributed by atoms with Gasteiger partial charge in [-0.25, -0.2) is 0 Å². The first-order valence-corrected chi connectivity index (χ1v) is 12.7. The highest BCUT2D eigenvalue weighted by atomic mass is 16.6. The van der Waals surface area contributed by atoms with Gasteiger partial charge in [0, 0.05) is 11.6 Å². The van der Waals surface area contributed by atoms with Gasteiger partial charge < -0.3 is 65.0 Å². The molecule has 2 saturated heterocycles. The Kier molecular flexibility index (Phi) is 8.06. The van der Waals surface area contributed by atoms with Crippen LogP contribution in [0.15, 0.2) is 45.6 Å². The number of hydrogen-bond donors (Lipinski definition) is 10. The molecule has 5 rings (SSSR count). The molecule has 2 aliphatic rings. The first-order valence-electron chi connectivity index (χ1n) is 12.7. The second-order valence-corrected chi connectivity index (χ2v) is 10.1. The second kappa shape index (κ2) is 11.3. The molecular weight excluding hydrogens is 548 g/mol. The summed E-state index contributed by atoms with van der Waals surface area (Å²) in [4.78, 5) is 13.4. The van der Waals surface area contributed by atoms with E-state index in [1.54, 1.807) is 30.3 Å². The summed E-state index contributed by atoms with van der Waals surface area (Å²) < 4.78 is 17.1. The number of aromatic hydroxyl groups is 2. The normalized spacial score (nSPS) is 34.1. The Morgan fingerprint density at radius 1 is 0.659 bits per heavy atom. The van der Waals surface area contributed by atoms with Crippen molar-refractivity contribution in [1.82, 2.24) is 0 Å². The van der Waals surface area contributed by atoms with Gasteiger partial charge in [0.2, 0.25) is 0 Å². The summed E-state index contributed by atoms with van der Waals surface area (Å²) in [7, 11) is 0. The SMILES string of the molecule is O=c1cc(-c2ccccc2)oc2c([C@@H]3O[C@H](CO)[C@@H](O)[C@H](O)[C@H]3O)c(O)c([C@@H]3O[C@H](CO)[C@@H](O)[C@H](O)[C@H]3O)c(O)c12. The van der Waals surface area contributed by atoms with E-state index in [1.807, 2.05) is 0 Å². The minimum atomic E-state index is -2.00. The lowest BCUT2D eigenvalue weighted by atomic mass is 9.85. The summed E-state index contributed by atoms with van der Waals surface area (Å²) in [6.45, 7) is -1.66. The number of hydrogen-bond acceptors (Lipinski definition) is 14. The minimum absolute atomic E-state index is 0.0201. The molecule has 2 fully saturated rings. The van der Waals surface area contributed by atoms with Crippen molar-refractivity contribution < 1.29 is 65.0 Å². The maximum absolute atomic E-state index is 13.4. The Morgan fingerprint density at radius 2 is 1.17 bits per heavy atom. The molecule has 0 amide bonds. The number of ether oxygens (including phenoxy) is 2.